The van der Waals surface area contributed by atoms with Crippen molar-refractivity contribution in [2.75, 3.05) is 0 Å². The number of aromatic nitrogens is 1. The number of benzene rings is 1. The fourth-order valence-corrected chi connectivity index (χ4v) is 1.89. The first-order chi connectivity index (χ1) is 9.79. The van der Waals surface area contributed by atoms with E-state index in [0.717, 1.165) is 12.1 Å². The summed E-state index contributed by atoms with van der Waals surface area (Å²) >= 11 is 0. The van der Waals surface area contributed by atoms with Gasteiger partial charge in [-0.3, -0.25) is 9.78 Å². The minimum Gasteiger partial charge on any atom is -0.426 e. The Labute approximate surface area is 119 Å². The fraction of sp³-hybridized carbons (Fsp3) is 0.200. The maximum absolute atomic E-state index is 12.5. The van der Waals surface area contributed by atoms with Gasteiger partial charge in [0.2, 0.25) is 0 Å². The van der Waals surface area contributed by atoms with Crippen LogP contribution >= 0.6 is 0 Å². The van der Waals surface area contributed by atoms with Crippen LogP contribution < -0.4 is 4.74 Å². The third kappa shape index (κ3) is 3.39. The van der Waals surface area contributed by atoms with Gasteiger partial charge in [0.15, 0.2) is 0 Å². The molecule has 1 aromatic heterocycles. The summed E-state index contributed by atoms with van der Waals surface area (Å²) in [5.74, 6) is -0.130. The van der Waals surface area contributed by atoms with Gasteiger partial charge in [0.1, 0.15) is 5.75 Å². The molecule has 3 nitrogen and oxygen atoms in total. The van der Waals surface area contributed by atoms with Crippen molar-refractivity contribution in [1.29, 1.82) is 0 Å². The zero-order valence-electron chi connectivity index (χ0n) is 11.4. The van der Waals surface area contributed by atoms with Crippen LogP contribution in [0.25, 0.3) is 11.3 Å². The second-order valence-electron chi connectivity index (χ2n) is 4.45. The van der Waals surface area contributed by atoms with Crippen molar-refractivity contribution >= 4 is 5.97 Å². The number of alkyl halides is 3. The number of esters is 1. The van der Waals surface area contributed by atoms with Crippen LogP contribution in [0.15, 0.2) is 36.5 Å². The summed E-state index contributed by atoms with van der Waals surface area (Å²) in [7, 11) is 0. The van der Waals surface area contributed by atoms with Crippen LogP contribution in [0.2, 0.25) is 0 Å². The quantitative estimate of drug-likeness (QED) is 0.786. The van der Waals surface area contributed by atoms with E-state index in [2.05, 4.69) is 4.98 Å². The molecule has 0 saturated carbocycles. The summed E-state index contributed by atoms with van der Waals surface area (Å²) < 4.78 is 42.6. The van der Waals surface area contributed by atoms with Crippen LogP contribution in [0.4, 0.5) is 13.2 Å². The first kappa shape index (κ1) is 15.0. The number of pyridine rings is 1. The molecule has 0 spiro atoms. The lowest BCUT2D eigenvalue weighted by molar-refractivity contribution is -0.137. The third-order valence-corrected chi connectivity index (χ3v) is 2.89. The molecule has 0 bridgehead atoms. The SMILES string of the molecule is CC(=O)Oc1ccnc(-c2ccc(C(F)(F)F)cc2)c1C. The first-order valence-corrected chi connectivity index (χ1v) is 6.10. The van der Waals surface area contributed by atoms with E-state index >= 15 is 0 Å². The van der Waals surface area contributed by atoms with Crippen LogP contribution in [-0.4, -0.2) is 11.0 Å². The summed E-state index contributed by atoms with van der Waals surface area (Å²) in [5.41, 5.74) is 0.865. The maximum atomic E-state index is 12.5. The van der Waals surface area contributed by atoms with Crippen molar-refractivity contribution in [3.63, 3.8) is 0 Å². The number of hydrogen-bond acceptors (Lipinski definition) is 3. The molecule has 0 amide bonds. The third-order valence-electron chi connectivity index (χ3n) is 2.89. The van der Waals surface area contributed by atoms with Crippen LogP contribution in [0.3, 0.4) is 0 Å². The van der Waals surface area contributed by atoms with Crippen molar-refractivity contribution < 1.29 is 22.7 Å². The predicted molar refractivity (Wildman–Crippen MR) is 70.7 cm³/mol. The van der Waals surface area contributed by atoms with E-state index in [1.165, 1.54) is 31.3 Å². The highest BCUT2D eigenvalue weighted by molar-refractivity contribution is 5.72. The normalized spacial score (nSPS) is 11.3. The molecule has 2 rings (SSSR count). The standard InChI is InChI=1S/C15H12F3NO2/c1-9-13(21-10(2)20)7-8-19-14(9)11-3-5-12(6-4-11)15(16,17)18/h3-8H,1-2H3. The number of carbonyl (C=O) groups is 1. The van der Waals surface area contributed by atoms with E-state index in [1.54, 1.807) is 6.92 Å². The molecule has 0 aliphatic carbocycles. The average molecular weight is 295 g/mol. The number of rotatable bonds is 2. The largest absolute Gasteiger partial charge is 0.426 e. The summed E-state index contributed by atoms with van der Waals surface area (Å²) in [6.07, 6.45) is -2.93. The van der Waals surface area contributed by atoms with E-state index in [9.17, 15) is 18.0 Å². The fourth-order valence-electron chi connectivity index (χ4n) is 1.89. The zero-order chi connectivity index (χ0) is 15.6. The molecule has 0 atom stereocenters. The molecule has 0 saturated heterocycles. The lowest BCUT2D eigenvalue weighted by atomic mass is 10.0. The second kappa shape index (κ2) is 5.55. The van der Waals surface area contributed by atoms with E-state index in [0.29, 0.717) is 22.6 Å². The number of nitrogens with zero attached hydrogens (tertiary/aromatic N) is 1. The first-order valence-electron chi connectivity index (χ1n) is 6.10. The Hall–Kier alpha value is -2.37. The Bertz CT molecular complexity index is 664. The smallest absolute Gasteiger partial charge is 0.416 e. The minimum absolute atomic E-state index is 0.340. The highest BCUT2D eigenvalue weighted by Crippen LogP contribution is 2.32. The Morgan fingerprint density at radius 3 is 2.29 bits per heavy atom. The Morgan fingerprint density at radius 2 is 1.76 bits per heavy atom. The van der Waals surface area contributed by atoms with Gasteiger partial charge in [-0.1, -0.05) is 12.1 Å². The van der Waals surface area contributed by atoms with E-state index in [1.807, 2.05) is 0 Å². The molecular formula is C15H12F3NO2. The molecule has 0 radical (unpaired) electrons. The monoisotopic (exact) mass is 295 g/mol. The van der Waals surface area contributed by atoms with E-state index < -0.39 is 17.7 Å². The molecule has 110 valence electrons. The van der Waals surface area contributed by atoms with Gasteiger partial charge in [-0.05, 0) is 25.1 Å². The van der Waals surface area contributed by atoms with Crippen molar-refractivity contribution in [1.82, 2.24) is 4.98 Å². The lowest BCUT2D eigenvalue weighted by Gasteiger charge is -2.11. The molecule has 0 aliphatic heterocycles. The van der Waals surface area contributed by atoms with E-state index in [4.69, 9.17) is 4.74 Å². The molecule has 1 heterocycles. The van der Waals surface area contributed by atoms with Gasteiger partial charge >= 0.3 is 12.1 Å². The van der Waals surface area contributed by atoms with E-state index in [-0.39, 0.29) is 0 Å². The molecule has 0 aliphatic rings. The summed E-state index contributed by atoms with van der Waals surface area (Å²) in [6, 6.07) is 6.21. The summed E-state index contributed by atoms with van der Waals surface area (Å²) in [4.78, 5) is 15.1. The van der Waals surface area contributed by atoms with Crippen LogP contribution in [0, 0.1) is 6.92 Å². The van der Waals surface area contributed by atoms with Gasteiger partial charge in [0.05, 0.1) is 11.3 Å². The number of ether oxygens (including phenoxy) is 1. The van der Waals surface area contributed by atoms with Crippen LogP contribution in [0.5, 0.6) is 5.75 Å². The molecule has 0 N–H and O–H groups in total. The summed E-state index contributed by atoms with van der Waals surface area (Å²) in [5, 5.41) is 0. The minimum atomic E-state index is -4.37. The molecule has 0 unspecified atom stereocenters. The van der Waals surface area contributed by atoms with Gasteiger partial charge in [-0.2, -0.15) is 13.2 Å². The topological polar surface area (TPSA) is 39.2 Å². The van der Waals surface area contributed by atoms with Gasteiger partial charge in [0.25, 0.3) is 0 Å². The molecule has 2 aromatic rings. The Balaban J connectivity index is 2.40. The van der Waals surface area contributed by atoms with Crippen molar-refractivity contribution in [2.45, 2.75) is 20.0 Å². The van der Waals surface area contributed by atoms with Crippen LogP contribution in [0.1, 0.15) is 18.1 Å². The van der Waals surface area contributed by atoms with Crippen LogP contribution in [-0.2, 0) is 11.0 Å². The molecule has 21 heavy (non-hydrogen) atoms. The van der Waals surface area contributed by atoms with Gasteiger partial charge in [-0.15, -0.1) is 0 Å². The van der Waals surface area contributed by atoms with Gasteiger partial charge in [-0.25, -0.2) is 0 Å². The Kier molecular flexibility index (Phi) is 3.97. The predicted octanol–water partition coefficient (Wildman–Crippen LogP) is 4.00. The van der Waals surface area contributed by atoms with Crippen molar-refractivity contribution in [2.24, 2.45) is 0 Å². The molecule has 6 heteroatoms. The molecule has 0 fully saturated rings. The highest BCUT2D eigenvalue weighted by Gasteiger charge is 2.30. The highest BCUT2D eigenvalue weighted by atomic mass is 19.4. The zero-order valence-corrected chi connectivity index (χ0v) is 11.4. The Morgan fingerprint density at radius 1 is 1.14 bits per heavy atom. The maximum Gasteiger partial charge on any atom is 0.416 e. The average Bonchev–Trinajstić information content (AvgIpc) is 2.40. The molecule has 1 aromatic carbocycles. The lowest BCUT2D eigenvalue weighted by Crippen LogP contribution is -2.05. The summed E-state index contributed by atoms with van der Waals surface area (Å²) in [6.45, 7) is 2.97. The number of carbonyl (C=O) groups excluding carboxylic acids is 1. The second-order valence-corrected chi connectivity index (χ2v) is 4.45. The van der Waals surface area contributed by atoms with Crippen molar-refractivity contribution in [3.05, 3.63) is 47.7 Å². The van der Waals surface area contributed by atoms with Gasteiger partial charge in [0, 0.05) is 24.2 Å². The van der Waals surface area contributed by atoms with Crippen molar-refractivity contribution in [3.8, 4) is 17.0 Å². The number of hydrogen-bond donors (Lipinski definition) is 0. The van der Waals surface area contributed by atoms with Gasteiger partial charge < -0.3 is 4.74 Å². The molecular weight excluding hydrogens is 283 g/mol. The number of halogens is 3.